The highest BCUT2D eigenvalue weighted by Gasteiger charge is 2.30. The van der Waals surface area contributed by atoms with Gasteiger partial charge in [-0.1, -0.05) is 6.55 Å². The summed E-state index contributed by atoms with van der Waals surface area (Å²) in [6.07, 6.45) is 4.56. The molecular weight excluding hydrogens is 156 g/mol. The van der Waals surface area contributed by atoms with Crippen molar-refractivity contribution in [2.75, 3.05) is 13.2 Å². The van der Waals surface area contributed by atoms with E-state index < -0.39 is 0 Å². The highest BCUT2D eigenvalue weighted by atomic mass is 28.2. The lowest BCUT2D eigenvalue weighted by Crippen LogP contribution is -2.41. The Bertz CT molecular complexity index is 110. The van der Waals surface area contributed by atoms with Gasteiger partial charge in [-0.15, -0.1) is 0 Å². The predicted octanol–water partition coefficient (Wildman–Crippen LogP) is 0.595. The van der Waals surface area contributed by atoms with Crippen LogP contribution in [0.5, 0.6) is 0 Å². The van der Waals surface area contributed by atoms with Gasteiger partial charge >= 0.3 is 1.43 Å². The minimum atomic E-state index is -0.132. The van der Waals surface area contributed by atoms with Crippen molar-refractivity contribution in [2.45, 2.75) is 37.5 Å². The van der Waals surface area contributed by atoms with Crippen LogP contribution in [0, 0.1) is 0 Å². The molecule has 66 valence electrons. The molecule has 0 spiro atoms. The molecule has 11 heavy (non-hydrogen) atoms. The fourth-order valence-electron chi connectivity index (χ4n) is 1.77. The Balaban J connectivity index is 0.00000121. The molecule has 0 aromatic rings. The summed E-state index contributed by atoms with van der Waals surface area (Å²) in [5.74, 6) is 0. The van der Waals surface area contributed by atoms with Crippen molar-refractivity contribution in [1.29, 1.82) is 0 Å². The van der Waals surface area contributed by atoms with Gasteiger partial charge in [0.2, 0.25) is 0 Å². The van der Waals surface area contributed by atoms with Crippen molar-refractivity contribution >= 4 is 9.52 Å². The van der Waals surface area contributed by atoms with Crippen molar-refractivity contribution in [3.05, 3.63) is 0 Å². The average molecular weight is 175 g/mol. The quantitative estimate of drug-likeness (QED) is 0.636. The summed E-state index contributed by atoms with van der Waals surface area (Å²) in [5.41, 5.74) is 0. The van der Waals surface area contributed by atoms with E-state index in [1.165, 1.54) is 19.3 Å². The van der Waals surface area contributed by atoms with Crippen molar-refractivity contribution in [3.8, 4) is 0 Å². The molecule has 0 bridgehead atoms. The van der Waals surface area contributed by atoms with Crippen molar-refractivity contribution in [3.63, 3.8) is 0 Å². The van der Waals surface area contributed by atoms with E-state index in [-0.39, 0.29) is 16.2 Å². The van der Waals surface area contributed by atoms with Crippen LogP contribution in [0.4, 0.5) is 0 Å². The topological polar surface area (TPSA) is 29.5 Å². The molecule has 1 saturated heterocycles. The van der Waals surface area contributed by atoms with E-state index in [4.69, 9.17) is 9.84 Å². The van der Waals surface area contributed by atoms with Crippen LogP contribution < -0.4 is 0 Å². The Kier molecular flexibility index (Phi) is 3.55. The summed E-state index contributed by atoms with van der Waals surface area (Å²) in [4.78, 5) is 0. The highest BCUT2D eigenvalue weighted by molar-refractivity contribution is 6.37. The van der Waals surface area contributed by atoms with Crippen molar-refractivity contribution in [2.24, 2.45) is 0 Å². The van der Waals surface area contributed by atoms with E-state index in [1.54, 1.807) is 0 Å². The van der Waals surface area contributed by atoms with E-state index >= 15 is 0 Å². The van der Waals surface area contributed by atoms with Crippen LogP contribution in [0.3, 0.4) is 0 Å². The number of hydrogen-bond acceptors (Lipinski definition) is 2. The molecule has 0 saturated carbocycles. The maximum absolute atomic E-state index is 8.86. The monoisotopic (exact) mass is 175 g/mol. The van der Waals surface area contributed by atoms with E-state index in [0.29, 0.717) is 6.61 Å². The third-order valence-electron chi connectivity index (χ3n) is 2.65. The SMILES string of the molecule is C[SiH2]C1(CCO)CCCCO1.[H+]. The van der Waals surface area contributed by atoms with Gasteiger partial charge in [0.15, 0.2) is 0 Å². The first-order chi connectivity index (χ1) is 5.33. The zero-order valence-electron chi connectivity index (χ0n) is 8.31. The molecule has 0 radical (unpaired) electrons. The standard InChI is InChI=1S/C8H18O2Si/c1-11-8(5-6-9)4-2-3-7-10-8/h9H,2-7,11H2,1H3/p+1. The lowest BCUT2D eigenvalue weighted by atomic mass is 10.1. The Hall–Kier alpha value is 0.137. The normalized spacial score (nSPS) is 33.3. The number of hydrogen-bond donors (Lipinski definition) is 1. The second kappa shape index (κ2) is 4.23. The Morgan fingerprint density at radius 3 is 2.91 bits per heavy atom. The molecule has 1 rings (SSSR count). The van der Waals surface area contributed by atoms with Crippen LogP contribution in [-0.2, 0) is 4.74 Å². The summed E-state index contributed by atoms with van der Waals surface area (Å²) in [6, 6.07) is 0. The molecule has 1 N–H and O–H groups in total. The molecule has 1 fully saturated rings. The number of aliphatic hydroxyl groups is 1. The summed E-state index contributed by atoms with van der Waals surface area (Å²) in [5, 5.41) is 9.02. The highest BCUT2D eigenvalue weighted by Crippen LogP contribution is 2.26. The molecule has 0 aromatic heterocycles. The Morgan fingerprint density at radius 2 is 2.45 bits per heavy atom. The summed E-state index contributed by atoms with van der Waals surface area (Å²) in [6.45, 7) is 3.49. The van der Waals surface area contributed by atoms with E-state index in [1.807, 2.05) is 0 Å². The second-order valence-electron chi connectivity index (χ2n) is 3.32. The van der Waals surface area contributed by atoms with Gasteiger partial charge in [0.25, 0.3) is 0 Å². The van der Waals surface area contributed by atoms with Crippen LogP contribution in [0.15, 0.2) is 0 Å². The van der Waals surface area contributed by atoms with E-state index in [2.05, 4.69) is 6.55 Å². The maximum Gasteiger partial charge on any atom is 1.00 e. The third-order valence-corrected chi connectivity index (χ3v) is 4.85. The molecular formula is C8H19O2Si+. The van der Waals surface area contributed by atoms with E-state index in [0.717, 1.165) is 13.0 Å². The minimum absolute atomic E-state index is 0. The molecule has 1 atom stereocenters. The largest absolute Gasteiger partial charge is 1.00 e. The summed E-state index contributed by atoms with van der Waals surface area (Å²) in [7, 11) is -0.132. The van der Waals surface area contributed by atoms with Gasteiger partial charge < -0.3 is 9.84 Å². The molecule has 1 aliphatic heterocycles. The smallest absolute Gasteiger partial charge is 0.396 e. The van der Waals surface area contributed by atoms with Gasteiger partial charge in [-0.2, -0.15) is 0 Å². The van der Waals surface area contributed by atoms with Gasteiger partial charge in [-0.3, -0.25) is 0 Å². The average Bonchev–Trinajstić information content (AvgIpc) is 2.07. The van der Waals surface area contributed by atoms with E-state index in [9.17, 15) is 0 Å². The van der Waals surface area contributed by atoms with Crippen LogP contribution in [0.2, 0.25) is 6.55 Å². The zero-order valence-corrected chi connectivity index (χ0v) is 8.72. The molecule has 0 amide bonds. The Labute approximate surface area is 72.3 Å². The fourth-order valence-corrected chi connectivity index (χ4v) is 3.23. The lowest BCUT2D eigenvalue weighted by molar-refractivity contribution is -0.0331. The third kappa shape index (κ3) is 2.29. The van der Waals surface area contributed by atoms with Crippen LogP contribution in [0.25, 0.3) is 0 Å². The Morgan fingerprint density at radius 1 is 1.64 bits per heavy atom. The minimum Gasteiger partial charge on any atom is -0.396 e. The molecule has 1 aliphatic rings. The zero-order chi connectivity index (χ0) is 8.16. The van der Waals surface area contributed by atoms with Crippen LogP contribution in [-0.4, -0.2) is 33.1 Å². The lowest BCUT2D eigenvalue weighted by Gasteiger charge is -2.36. The van der Waals surface area contributed by atoms with Gasteiger partial charge in [0.05, 0.1) is 14.7 Å². The first-order valence-corrected chi connectivity index (χ1v) is 6.70. The van der Waals surface area contributed by atoms with Crippen molar-refractivity contribution < 1.29 is 11.3 Å². The molecule has 1 unspecified atom stereocenters. The molecule has 0 aliphatic carbocycles. The summed E-state index contributed by atoms with van der Waals surface area (Å²) < 4.78 is 5.76. The number of ether oxygens (including phenoxy) is 1. The van der Waals surface area contributed by atoms with Crippen molar-refractivity contribution in [1.82, 2.24) is 0 Å². The number of rotatable bonds is 3. The predicted molar refractivity (Wildman–Crippen MR) is 49.8 cm³/mol. The molecule has 0 aromatic carbocycles. The van der Waals surface area contributed by atoms with Crippen LogP contribution in [0.1, 0.15) is 27.1 Å². The second-order valence-corrected chi connectivity index (χ2v) is 5.31. The van der Waals surface area contributed by atoms with Gasteiger partial charge in [0.1, 0.15) is 0 Å². The maximum atomic E-state index is 8.86. The molecule has 2 nitrogen and oxygen atoms in total. The van der Waals surface area contributed by atoms with Gasteiger partial charge in [-0.05, 0) is 25.7 Å². The van der Waals surface area contributed by atoms with Gasteiger partial charge in [0, 0.05) is 13.2 Å². The number of aliphatic hydroxyl groups excluding tert-OH is 1. The first-order valence-electron chi connectivity index (χ1n) is 4.58. The molecule has 3 heteroatoms. The fraction of sp³-hybridized carbons (Fsp3) is 1.00. The van der Waals surface area contributed by atoms with Crippen LogP contribution >= 0.6 is 0 Å². The van der Waals surface area contributed by atoms with Gasteiger partial charge in [-0.25, -0.2) is 0 Å². The summed E-state index contributed by atoms with van der Waals surface area (Å²) >= 11 is 0. The molecule has 1 heterocycles. The first kappa shape index (κ1) is 9.23.